The Labute approximate surface area is 149 Å². The highest BCUT2D eigenvalue weighted by molar-refractivity contribution is 7.92. The van der Waals surface area contributed by atoms with E-state index in [1.54, 1.807) is 24.3 Å². The maximum absolute atomic E-state index is 12.8. The van der Waals surface area contributed by atoms with Crippen LogP contribution in [0.1, 0.15) is 55.3 Å². The predicted molar refractivity (Wildman–Crippen MR) is 96.4 cm³/mol. The van der Waals surface area contributed by atoms with Crippen LogP contribution in [0.5, 0.6) is 0 Å². The molecule has 0 spiro atoms. The van der Waals surface area contributed by atoms with Gasteiger partial charge in [0, 0.05) is 30.7 Å². The highest BCUT2D eigenvalue weighted by Gasteiger charge is 2.32. The maximum atomic E-state index is 12.8. The lowest BCUT2D eigenvalue weighted by Crippen LogP contribution is -2.39. The molecule has 0 radical (unpaired) electrons. The van der Waals surface area contributed by atoms with Crippen LogP contribution in [0.15, 0.2) is 29.2 Å². The number of fused-ring (bicyclic) bond motifs is 2. The van der Waals surface area contributed by atoms with Gasteiger partial charge in [-0.1, -0.05) is 12.8 Å². The quantitative estimate of drug-likeness (QED) is 0.896. The zero-order valence-electron chi connectivity index (χ0n) is 14.5. The summed E-state index contributed by atoms with van der Waals surface area (Å²) in [5.41, 5.74) is 0.586. The van der Waals surface area contributed by atoms with Gasteiger partial charge in [0.2, 0.25) is 0 Å². The third-order valence-electron chi connectivity index (χ3n) is 5.98. The van der Waals surface area contributed by atoms with Gasteiger partial charge in [0.15, 0.2) is 9.84 Å². The highest BCUT2D eigenvalue weighted by atomic mass is 32.2. The number of carbonyl (C=O) groups excluding carboxylic acids is 1. The molecule has 2 atom stereocenters. The summed E-state index contributed by atoms with van der Waals surface area (Å²) in [6.45, 7) is 1.52. The molecule has 6 heteroatoms. The van der Waals surface area contributed by atoms with Gasteiger partial charge in [-0.3, -0.25) is 4.79 Å². The number of hydrogen-bond acceptors (Lipinski definition) is 4. The smallest absolute Gasteiger partial charge is 0.253 e. The van der Waals surface area contributed by atoms with Crippen LogP contribution in [-0.4, -0.2) is 49.6 Å². The Hall–Kier alpha value is -1.40. The first kappa shape index (κ1) is 17.0. The van der Waals surface area contributed by atoms with Gasteiger partial charge in [0.05, 0.1) is 10.1 Å². The van der Waals surface area contributed by atoms with Crippen molar-refractivity contribution in [3.8, 4) is 0 Å². The topological polar surface area (TPSA) is 66.5 Å². The van der Waals surface area contributed by atoms with Crippen LogP contribution < -0.4 is 5.32 Å². The standard InChI is InChI=1S/C19H26N2O3S/c22-19(21-12-11-15-7-8-16(13-21)20-15)14-5-9-18(10-6-14)25(23,24)17-3-1-2-4-17/h5-6,9-10,15-17,20H,1-4,7-8,11-13H2. The Morgan fingerprint density at radius 2 is 1.64 bits per heavy atom. The van der Waals surface area contributed by atoms with E-state index in [-0.39, 0.29) is 11.2 Å². The number of nitrogens with zero attached hydrogens (tertiary/aromatic N) is 1. The number of amides is 1. The van der Waals surface area contributed by atoms with E-state index in [1.165, 1.54) is 6.42 Å². The fourth-order valence-electron chi connectivity index (χ4n) is 4.49. The van der Waals surface area contributed by atoms with Crippen molar-refractivity contribution in [1.82, 2.24) is 10.2 Å². The lowest BCUT2D eigenvalue weighted by molar-refractivity contribution is 0.0748. The molecule has 0 aromatic heterocycles. The van der Waals surface area contributed by atoms with Crippen LogP contribution in [-0.2, 0) is 9.84 Å². The maximum Gasteiger partial charge on any atom is 0.253 e. The van der Waals surface area contributed by atoms with Crippen LogP contribution in [0, 0.1) is 0 Å². The molecule has 25 heavy (non-hydrogen) atoms. The van der Waals surface area contributed by atoms with Crippen LogP contribution in [0.4, 0.5) is 0 Å². The normalized spacial score (nSPS) is 27.4. The number of rotatable bonds is 3. The summed E-state index contributed by atoms with van der Waals surface area (Å²) in [7, 11) is -3.25. The summed E-state index contributed by atoms with van der Waals surface area (Å²) < 4.78 is 25.3. The van der Waals surface area contributed by atoms with E-state index in [2.05, 4.69) is 5.32 Å². The first-order valence-corrected chi connectivity index (χ1v) is 11.0. The lowest BCUT2D eigenvalue weighted by atomic mass is 10.1. The fourth-order valence-corrected chi connectivity index (χ4v) is 6.34. The molecule has 2 heterocycles. The second kappa shape index (κ2) is 6.72. The van der Waals surface area contributed by atoms with E-state index in [0.717, 1.165) is 51.6 Å². The monoisotopic (exact) mass is 362 g/mol. The molecule has 2 saturated heterocycles. The number of carbonyl (C=O) groups is 1. The number of likely N-dealkylation sites (tertiary alicyclic amines) is 1. The zero-order chi connectivity index (χ0) is 17.4. The molecule has 1 aliphatic carbocycles. The van der Waals surface area contributed by atoms with E-state index < -0.39 is 9.84 Å². The molecular formula is C19H26N2O3S. The molecule has 1 amide bonds. The second-order valence-electron chi connectivity index (χ2n) is 7.65. The molecule has 3 aliphatic rings. The summed E-state index contributed by atoms with van der Waals surface area (Å²) in [5.74, 6) is 0.0131. The average Bonchev–Trinajstić information content (AvgIpc) is 3.25. The van der Waals surface area contributed by atoms with Gasteiger partial charge >= 0.3 is 0 Å². The number of benzene rings is 1. The SMILES string of the molecule is O=C(c1ccc(S(=O)(=O)C2CCCC2)cc1)N1CCC2CCC(C1)N2. The molecule has 5 nitrogen and oxygen atoms in total. The van der Waals surface area contributed by atoms with E-state index >= 15 is 0 Å². The highest BCUT2D eigenvalue weighted by Crippen LogP contribution is 2.30. The summed E-state index contributed by atoms with van der Waals surface area (Å²) >= 11 is 0. The average molecular weight is 362 g/mol. The van der Waals surface area contributed by atoms with Crippen molar-refractivity contribution in [3.63, 3.8) is 0 Å². The minimum absolute atomic E-state index is 0.0131. The van der Waals surface area contributed by atoms with E-state index in [4.69, 9.17) is 0 Å². The molecule has 1 saturated carbocycles. The fraction of sp³-hybridized carbons (Fsp3) is 0.632. The number of hydrogen-bond donors (Lipinski definition) is 1. The Bertz CT molecular complexity index is 738. The van der Waals surface area contributed by atoms with Gasteiger partial charge in [-0.15, -0.1) is 0 Å². The lowest BCUT2D eigenvalue weighted by Gasteiger charge is -2.24. The van der Waals surface area contributed by atoms with Gasteiger partial charge in [-0.05, 0) is 56.4 Å². The van der Waals surface area contributed by atoms with Crippen molar-refractivity contribution < 1.29 is 13.2 Å². The summed E-state index contributed by atoms with van der Waals surface area (Å²) in [5, 5.41) is 3.33. The summed E-state index contributed by atoms with van der Waals surface area (Å²) in [6, 6.07) is 7.54. The van der Waals surface area contributed by atoms with Crippen molar-refractivity contribution in [2.75, 3.05) is 13.1 Å². The zero-order valence-corrected chi connectivity index (χ0v) is 15.3. The first-order chi connectivity index (χ1) is 12.0. The second-order valence-corrected chi connectivity index (χ2v) is 9.88. The Morgan fingerprint density at radius 1 is 0.960 bits per heavy atom. The third-order valence-corrected chi connectivity index (χ3v) is 8.26. The molecule has 3 fully saturated rings. The Kier molecular flexibility index (Phi) is 4.58. The molecule has 1 aromatic carbocycles. The summed E-state index contributed by atoms with van der Waals surface area (Å²) in [6.07, 6.45) is 6.83. The van der Waals surface area contributed by atoms with Crippen molar-refractivity contribution in [2.45, 2.75) is 67.2 Å². The Balaban J connectivity index is 1.49. The molecule has 1 aromatic rings. The third kappa shape index (κ3) is 3.34. The molecule has 1 N–H and O–H groups in total. The van der Waals surface area contributed by atoms with Gasteiger partial charge in [-0.25, -0.2) is 8.42 Å². The molecule has 2 aliphatic heterocycles. The largest absolute Gasteiger partial charge is 0.337 e. The van der Waals surface area contributed by atoms with Gasteiger partial charge in [0.25, 0.3) is 5.91 Å². The molecular weight excluding hydrogens is 336 g/mol. The van der Waals surface area contributed by atoms with Crippen molar-refractivity contribution in [3.05, 3.63) is 29.8 Å². The number of nitrogens with one attached hydrogen (secondary N) is 1. The van der Waals surface area contributed by atoms with Crippen molar-refractivity contribution >= 4 is 15.7 Å². The minimum atomic E-state index is -3.25. The number of sulfone groups is 1. The van der Waals surface area contributed by atoms with Crippen molar-refractivity contribution in [1.29, 1.82) is 0 Å². The Morgan fingerprint density at radius 3 is 2.36 bits per heavy atom. The van der Waals surface area contributed by atoms with E-state index in [0.29, 0.717) is 22.5 Å². The van der Waals surface area contributed by atoms with Crippen LogP contribution in [0.25, 0.3) is 0 Å². The molecule has 2 bridgehead atoms. The van der Waals surface area contributed by atoms with Crippen LogP contribution >= 0.6 is 0 Å². The van der Waals surface area contributed by atoms with Gasteiger partial charge in [0.1, 0.15) is 0 Å². The summed E-state index contributed by atoms with van der Waals surface area (Å²) in [4.78, 5) is 15.1. The van der Waals surface area contributed by atoms with Gasteiger partial charge < -0.3 is 10.2 Å². The molecule has 136 valence electrons. The molecule has 2 unspecified atom stereocenters. The first-order valence-electron chi connectivity index (χ1n) is 9.43. The molecule has 4 rings (SSSR count). The van der Waals surface area contributed by atoms with Gasteiger partial charge in [-0.2, -0.15) is 0 Å². The van der Waals surface area contributed by atoms with E-state index in [9.17, 15) is 13.2 Å². The van der Waals surface area contributed by atoms with E-state index in [1.807, 2.05) is 4.90 Å². The van der Waals surface area contributed by atoms with Crippen LogP contribution in [0.3, 0.4) is 0 Å². The van der Waals surface area contributed by atoms with Crippen LogP contribution in [0.2, 0.25) is 0 Å². The predicted octanol–water partition coefficient (Wildman–Crippen LogP) is 2.37. The van der Waals surface area contributed by atoms with Crippen molar-refractivity contribution in [2.24, 2.45) is 0 Å². The minimum Gasteiger partial charge on any atom is -0.337 e.